The standard InChI is InChI=1S/C17H29N5O.HI/c1-12(2)16-10-15(23-21-16)11-19-17(18-3)20-13-6-8-22(9-7-13)14-4-5-14;/h10,12-14H,4-9,11H2,1-3H3,(H2,18,19,20);1H. The summed E-state index contributed by atoms with van der Waals surface area (Å²) in [4.78, 5) is 6.96. The molecular formula is C17H30IN5O. The molecule has 1 aromatic rings. The highest BCUT2D eigenvalue weighted by atomic mass is 127. The van der Waals surface area contributed by atoms with Gasteiger partial charge in [0.15, 0.2) is 11.7 Å². The summed E-state index contributed by atoms with van der Waals surface area (Å²) in [6.07, 6.45) is 5.18. The first-order valence-corrected chi connectivity index (χ1v) is 8.82. The van der Waals surface area contributed by atoms with Crippen LogP contribution in [0.1, 0.15) is 56.9 Å². The van der Waals surface area contributed by atoms with Gasteiger partial charge in [-0.25, -0.2) is 0 Å². The van der Waals surface area contributed by atoms with E-state index in [0.717, 1.165) is 23.5 Å². The first-order chi connectivity index (χ1) is 11.2. The van der Waals surface area contributed by atoms with E-state index in [1.807, 2.05) is 13.1 Å². The lowest BCUT2D eigenvalue weighted by Gasteiger charge is -2.33. The van der Waals surface area contributed by atoms with E-state index in [0.29, 0.717) is 18.5 Å². The highest BCUT2D eigenvalue weighted by Gasteiger charge is 2.31. The fourth-order valence-corrected chi connectivity index (χ4v) is 3.09. The smallest absolute Gasteiger partial charge is 0.191 e. The molecule has 6 nitrogen and oxygen atoms in total. The van der Waals surface area contributed by atoms with Gasteiger partial charge in [-0.2, -0.15) is 0 Å². The first kappa shape index (κ1) is 19.5. The molecule has 1 aliphatic carbocycles. The Balaban J connectivity index is 0.00000208. The molecule has 1 saturated carbocycles. The van der Waals surface area contributed by atoms with Crippen LogP contribution in [0.4, 0.5) is 0 Å². The van der Waals surface area contributed by atoms with Crippen LogP contribution in [0, 0.1) is 0 Å². The Labute approximate surface area is 161 Å². The number of piperidine rings is 1. The summed E-state index contributed by atoms with van der Waals surface area (Å²) < 4.78 is 5.36. The lowest BCUT2D eigenvalue weighted by atomic mass is 10.1. The number of likely N-dealkylation sites (tertiary alicyclic amines) is 1. The number of hydrogen-bond donors (Lipinski definition) is 2. The van der Waals surface area contributed by atoms with Crippen molar-refractivity contribution in [2.24, 2.45) is 4.99 Å². The topological polar surface area (TPSA) is 65.7 Å². The second-order valence-electron chi connectivity index (χ2n) is 6.98. The van der Waals surface area contributed by atoms with Crippen LogP contribution in [0.5, 0.6) is 0 Å². The highest BCUT2D eigenvalue weighted by Crippen LogP contribution is 2.29. The molecule has 1 saturated heterocycles. The van der Waals surface area contributed by atoms with E-state index in [1.165, 1.54) is 38.8 Å². The monoisotopic (exact) mass is 447 g/mol. The van der Waals surface area contributed by atoms with Gasteiger partial charge < -0.3 is 20.1 Å². The van der Waals surface area contributed by atoms with Crippen molar-refractivity contribution in [3.63, 3.8) is 0 Å². The summed E-state index contributed by atoms with van der Waals surface area (Å²) in [6.45, 7) is 7.26. The van der Waals surface area contributed by atoms with Crippen LogP contribution < -0.4 is 10.6 Å². The zero-order valence-corrected chi connectivity index (χ0v) is 17.2. The third kappa shape index (κ3) is 5.34. The molecule has 1 aromatic heterocycles. The zero-order valence-electron chi connectivity index (χ0n) is 14.9. The quantitative estimate of drug-likeness (QED) is 0.413. The van der Waals surface area contributed by atoms with Gasteiger partial charge in [-0.05, 0) is 31.6 Å². The summed E-state index contributed by atoms with van der Waals surface area (Å²) in [6, 6.07) is 3.41. The van der Waals surface area contributed by atoms with Gasteiger partial charge in [-0.15, -0.1) is 24.0 Å². The summed E-state index contributed by atoms with van der Waals surface area (Å²) >= 11 is 0. The third-order valence-corrected chi connectivity index (χ3v) is 4.76. The van der Waals surface area contributed by atoms with Gasteiger partial charge in [0.05, 0.1) is 12.2 Å². The van der Waals surface area contributed by atoms with Crippen molar-refractivity contribution in [1.82, 2.24) is 20.7 Å². The van der Waals surface area contributed by atoms with Crippen LogP contribution in [-0.2, 0) is 6.54 Å². The molecule has 2 N–H and O–H groups in total. The Morgan fingerprint density at radius 3 is 2.58 bits per heavy atom. The van der Waals surface area contributed by atoms with E-state index in [2.05, 4.69) is 39.5 Å². The number of aromatic nitrogens is 1. The van der Waals surface area contributed by atoms with Gasteiger partial charge in [-0.3, -0.25) is 4.99 Å². The predicted molar refractivity (Wildman–Crippen MR) is 107 cm³/mol. The van der Waals surface area contributed by atoms with E-state index in [1.54, 1.807) is 0 Å². The fraction of sp³-hybridized carbons (Fsp3) is 0.765. The molecule has 3 rings (SSSR count). The van der Waals surface area contributed by atoms with E-state index in [4.69, 9.17) is 4.52 Å². The van der Waals surface area contributed by atoms with Crippen molar-refractivity contribution in [2.45, 2.75) is 64.1 Å². The Kier molecular flexibility index (Phi) is 7.34. The number of rotatable bonds is 5. The number of nitrogens with one attached hydrogen (secondary N) is 2. The average Bonchev–Trinajstić information content (AvgIpc) is 3.29. The van der Waals surface area contributed by atoms with Crippen LogP contribution in [-0.4, -0.2) is 48.2 Å². The van der Waals surface area contributed by atoms with Gasteiger partial charge in [0, 0.05) is 38.3 Å². The normalized spacial score (nSPS) is 20.1. The van der Waals surface area contributed by atoms with Crippen molar-refractivity contribution in [3.05, 3.63) is 17.5 Å². The van der Waals surface area contributed by atoms with E-state index < -0.39 is 0 Å². The van der Waals surface area contributed by atoms with E-state index in [9.17, 15) is 0 Å². The molecule has 24 heavy (non-hydrogen) atoms. The molecule has 136 valence electrons. The maximum Gasteiger partial charge on any atom is 0.191 e. The minimum Gasteiger partial charge on any atom is -0.359 e. The highest BCUT2D eigenvalue weighted by molar-refractivity contribution is 14.0. The number of hydrogen-bond acceptors (Lipinski definition) is 4. The van der Waals surface area contributed by atoms with Crippen molar-refractivity contribution in [1.29, 1.82) is 0 Å². The SMILES string of the molecule is CN=C(NCc1cc(C(C)C)no1)NC1CCN(C2CC2)CC1.I. The number of guanidine groups is 1. The van der Waals surface area contributed by atoms with Gasteiger partial charge in [0.25, 0.3) is 0 Å². The molecule has 0 spiro atoms. The van der Waals surface area contributed by atoms with E-state index >= 15 is 0 Å². The Hall–Kier alpha value is -0.830. The molecule has 1 aliphatic heterocycles. The van der Waals surface area contributed by atoms with Crippen molar-refractivity contribution >= 4 is 29.9 Å². The maximum atomic E-state index is 5.36. The Morgan fingerprint density at radius 1 is 1.33 bits per heavy atom. The molecule has 7 heteroatoms. The van der Waals surface area contributed by atoms with Gasteiger partial charge in [0.1, 0.15) is 0 Å². The molecule has 0 radical (unpaired) electrons. The molecular weight excluding hydrogens is 417 g/mol. The molecule has 0 aromatic carbocycles. The van der Waals surface area contributed by atoms with Crippen LogP contribution >= 0.6 is 24.0 Å². The van der Waals surface area contributed by atoms with Crippen molar-refractivity contribution in [3.8, 4) is 0 Å². The summed E-state index contributed by atoms with van der Waals surface area (Å²) in [5, 5.41) is 10.9. The average molecular weight is 447 g/mol. The molecule has 0 amide bonds. The van der Waals surface area contributed by atoms with E-state index in [-0.39, 0.29) is 24.0 Å². The number of halogens is 1. The second kappa shape index (κ2) is 9.03. The Morgan fingerprint density at radius 2 is 2.04 bits per heavy atom. The minimum atomic E-state index is 0. The van der Waals surface area contributed by atoms with Gasteiger partial charge in [-0.1, -0.05) is 19.0 Å². The number of aliphatic imine (C=N–C) groups is 1. The van der Waals surface area contributed by atoms with Crippen molar-refractivity contribution in [2.75, 3.05) is 20.1 Å². The van der Waals surface area contributed by atoms with Gasteiger partial charge in [0.2, 0.25) is 0 Å². The molecule has 0 atom stereocenters. The molecule has 0 unspecified atom stereocenters. The van der Waals surface area contributed by atoms with Crippen LogP contribution in [0.15, 0.2) is 15.6 Å². The molecule has 2 aliphatic rings. The molecule has 2 fully saturated rings. The van der Waals surface area contributed by atoms with Crippen molar-refractivity contribution < 1.29 is 4.52 Å². The summed E-state index contributed by atoms with van der Waals surface area (Å²) in [5.74, 6) is 2.08. The fourth-order valence-electron chi connectivity index (χ4n) is 3.09. The van der Waals surface area contributed by atoms with Gasteiger partial charge >= 0.3 is 0 Å². The van der Waals surface area contributed by atoms with Crippen LogP contribution in [0.2, 0.25) is 0 Å². The number of nitrogens with zero attached hydrogens (tertiary/aromatic N) is 3. The predicted octanol–water partition coefficient (Wildman–Crippen LogP) is 2.71. The lowest BCUT2D eigenvalue weighted by molar-refractivity contribution is 0.197. The summed E-state index contributed by atoms with van der Waals surface area (Å²) in [5.41, 5.74) is 0.997. The minimum absolute atomic E-state index is 0. The Bertz CT molecular complexity index is 533. The maximum absolute atomic E-state index is 5.36. The van der Waals surface area contributed by atoms with Crippen LogP contribution in [0.25, 0.3) is 0 Å². The van der Waals surface area contributed by atoms with Crippen LogP contribution in [0.3, 0.4) is 0 Å². The largest absolute Gasteiger partial charge is 0.359 e. The molecule has 2 heterocycles. The zero-order chi connectivity index (χ0) is 16.2. The lowest BCUT2D eigenvalue weighted by Crippen LogP contribution is -2.48. The third-order valence-electron chi connectivity index (χ3n) is 4.76. The summed E-state index contributed by atoms with van der Waals surface area (Å²) in [7, 11) is 1.81. The first-order valence-electron chi connectivity index (χ1n) is 8.82. The second-order valence-corrected chi connectivity index (χ2v) is 6.98. The molecule has 0 bridgehead atoms.